The van der Waals surface area contributed by atoms with Crippen LogP contribution in [0.5, 0.6) is 5.75 Å². The maximum absolute atomic E-state index is 11.8. The first-order valence-electron chi connectivity index (χ1n) is 10.2. The van der Waals surface area contributed by atoms with Gasteiger partial charge in [0, 0.05) is 44.3 Å². The number of hydrogen-bond acceptors (Lipinski definition) is 5. The minimum absolute atomic E-state index is 0.117. The summed E-state index contributed by atoms with van der Waals surface area (Å²) >= 11 is 0. The van der Waals surface area contributed by atoms with Gasteiger partial charge in [0.25, 0.3) is 0 Å². The number of carboxylic acids is 1. The SMILES string of the molecule is COc1ccc(N2CCC(N3CCC4(CC3)NC(=O)C[C@@H]4C(=O)O)CC2)cc1. The van der Waals surface area contributed by atoms with Crippen molar-refractivity contribution in [1.82, 2.24) is 10.2 Å². The van der Waals surface area contributed by atoms with Crippen LogP contribution in [0.25, 0.3) is 0 Å². The molecule has 1 spiro atoms. The number of nitrogens with zero attached hydrogens (tertiary/aromatic N) is 2. The maximum atomic E-state index is 11.8. The quantitative estimate of drug-likeness (QED) is 0.819. The minimum Gasteiger partial charge on any atom is -0.497 e. The Labute approximate surface area is 165 Å². The fraction of sp³-hybridized carbons (Fsp3) is 0.619. The molecule has 3 saturated heterocycles. The Morgan fingerprint density at radius 3 is 2.36 bits per heavy atom. The Morgan fingerprint density at radius 1 is 1.14 bits per heavy atom. The molecular weight excluding hydrogens is 358 g/mol. The number of ether oxygens (including phenoxy) is 1. The molecule has 1 aromatic carbocycles. The van der Waals surface area contributed by atoms with Crippen LogP contribution in [0.15, 0.2) is 24.3 Å². The van der Waals surface area contributed by atoms with Crippen molar-refractivity contribution in [1.29, 1.82) is 0 Å². The second-order valence-electron chi connectivity index (χ2n) is 8.25. The second-order valence-corrected chi connectivity index (χ2v) is 8.25. The van der Waals surface area contributed by atoms with Crippen LogP contribution in [-0.4, -0.2) is 66.8 Å². The molecule has 2 N–H and O–H groups in total. The predicted molar refractivity (Wildman–Crippen MR) is 106 cm³/mol. The van der Waals surface area contributed by atoms with Crippen LogP contribution >= 0.6 is 0 Å². The van der Waals surface area contributed by atoms with Crippen LogP contribution in [0, 0.1) is 5.92 Å². The van der Waals surface area contributed by atoms with Gasteiger partial charge < -0.3 is 25.0 Å². The molecule has 0 unspecified atom stereocenters. The van der Waals surface area contributed by atoms with Crippen molar-refractivity contribution in [3.8, 4) is 5.75 Å². The molecule has 0 radical (unpaired) electrons. The van der Waals surface area contributed by atoms with E-state index in [1.807, 2.05) is 12.1 Å². The van der Waals surface area contributed by atoms with Crippen molar-refractivity contribution in [2.24, 2.45) is 5.92 Å². The lowest BCUT2D eigenvalue weighted by atomic mass is 9.77. The number of amides is 1. The van der Waals surface area contributed by atoms with E-state index in [9.17, 15) is 14.7 Å². The number of likely N-dealkylation sites (tertiary alicyclic amines) is 1. The van der Waals surface area contributed by atoms with Gasteiger partial charge >= 0.3 is 5.97 Å². The molecule has 0 aliphatic carbocycles. The number of hydrogen-bond donors (Lipinski definition) is 2. The van der Waals surface area contributed by atoms with Crippen LogP contribution in [0.4, 0.5) is 5.69 Å². The Balaban J connectivity index is 1.31. The van der Waals surface area contributed by atoms with Gasteiger partial charge in [0.05, 0.1) is 18.6 Å². The van der Waals surface area contributed by atoms with Crippen LogP contribution in [0.1, 0.15) is 32.1 Å². The number of nitrogens with one attached hydrogen (secondary N) is 1. The summed E-state index contributed by atoms with van der Waals surface area (Å²) in [5.41, 5.74) is 0.693. The van der Waals surface area contributed by atoms with Crippen molar-refractivity contribution in [3.05, 3.63) is 24.3 Å². The Kier molecular flexibility index (Phi) is 5.19. The van der Waals surface area contributed by atoms with Gasteiger partial charge in [-0.3, -0.25) is 9.59 Å². The number of anilines is 1. The van der Waals surface area contributed by atoms with Crippen molar-refractivity contribution < 1.29 is 19.4 Å². The molecule has 7 heteroatoms. The normalized spacial score (nSPS) is 25.7. The van der Waals surface area contributed by atoms with Gasteiger partial charge in [-0.15, -0.1) is 0 Å². The van der Waals surface area contributed by atoms with Crippen molar-refractivity contribution in [2.75, 3.05) is 38.2 Å². The number of carbonyl (C=O) groups is 2. The van der Waals surface area contributed by atoms with Crippen LogP contribution < -0.4 is 15.0 Å². The third-order valence-electron chi connectivity index (χ3n) is 6.85. The number of methoxy groups -OCH3 is 1. The Morgan fingerprint density at radius 2 is 1.79 bits per heavy atom. The maximum Gasteiger partial charge on any atom is 0.309 e. The predicted octanol–water partition coefficient (Wildman–Crippen LogP) is 1.72. The highest BCUT2D eigenvalue weighted by molar-refractivity contribution is 5.88. The first-order chi connectivity index (χ1) is 13.5. The molecule has 28 heavy (non-hydrogen) atoms. The lowest BCUT2D eigenvalue weighted by molar-refractivity contribution is -0.144. The highest BCUT2D eigenvalue weighted by Crippen LogP contribution is 2.38. The van der Waals surface area contributed by atoms with Gasteiger partial charge in [-0.1, -0.05) is 0 Å². The molecule has 7 nitrogen and oxygen atoms in total. The van der Waals surface area contributed by atoms with E-state index in [1.54, 1.807) is 7.11 Å². The lowest BCUT2D eigenvalue weighted by Crippen LogP contribution is -2.58. The molecule has 3 aliphatic rings. The van der Waals surface area contributed by atoms with E-state index < -0.39 is 17.4 Å². The van der Waals surface area contributed by atoms with Crippen LogP contribution in [-0.2, 0) is 9.59 Å². The summed E-state index contributed by atoms with van der Waals surface area (Å²) < 4.78 is 5.23. The number of carboxylic acid groups (broad SMARTS) is 1. The zero-order chi connectivity index (χ0) is 19.7. The molecule has 3 heterocycles. The first-order valence-corrected chi connectivity index (χ1v) is 10.2. The Bertz CT molecular complexity index is 720. The molecular formula is C21H29N3O4. The van der Waals surface area contributed by atoms with Gasteiger partial charge in [0.15, 0.2) is 0 Å². The van der Waals surface area contributed by atoms with Crippen LogP contribution in [0.2, 0.25) is 0 Å². The zero-order valence-corrected chi connectivity index (χ0v) is 16.4. The minimum atomic E-state index is -0.848. The van der Waals surface area contributed by atoms with Gasteiger partial charge in [0.1, 0.15) is 5.75 Å². The molecule has 0 aromatic heterocycles. The molecule has 1 atom stereocenters. The smallest absolute Gasteiger partial charge is 0.309 e. The number of rotatable bonds is 4. The van der Waals surface area contributed by atoms with Crippen molar-refractivity contribution in [2.45, 2.75) is 43.7 Å². The monoisotopic (exact) mass is 387 g/mol. The molecule has 1 aromatic rings. The van der Waals surface area contributed by atoms with E-state index in [4.69, 9.17) is 4.74 Å². The summed E-state index contributed by atoms with van der Waals surface area (Å²) in [5.74, 6) is -0.674. The first kappa shape index (κ1) is 19.1. The van der Waals surface area contributed by atoms with Gasteiger partial charge in [-0.05, 0) is 49.9 Å². The summed E-state index contributed by atoms with van der Waals surface area (Å²) in [5, 5.41) is 12.5. The summed E-state index contributed by atoms with van der Waals surface area (Å²) in [6.07, 6.45) is 3.79. The third kappa shape index (κ3) is 3.55. The number of aliphatic carboxylic acids is 1. The molecule has 1 amide bonds. The summed E-state index contributed by atoms with van der Waals surface area (Å²) in [6.45, 7) is 3.76. The largest absolute Gasteiger partial charge is 0.497 e. The van der Waals surface area contributed by atoms with Crippen molar-refractivity contribution in [3.63, 3.8) is 0 Å². The van der Waals surface area contributed by atoms with Crippen molar-refractivity contribution >= 4 is 17.6 Å². The molecule has 3 aliphatic heterocycles. The standard InChI is InChI=1S/C21H29N3O4/c1-28-17-4-2-15(3-5-17)23-10-6-16(7-11-23)24-12-8-21(9-13-24)18(20(26)27)14-19(25)22-21/h2-5,16,18H,6-14H2,1H3,(H,22,25)(H,26,27)/t18-/m1/s1. The number of carbonyl (C=O) groups excluding carboxylic acids is 1. The fourth-order valence-corrected chi connectivity index (χ4v) is 5.16. The van der Waals surface area contributed by atoms with E-state index in [0.29, 0.717) is 6.04 Å². The van der Waals surface area contributed by atoms with E-state index in [2.05, 4.69) is 27.2 Å². The number of benzene rings is 1. The highest BCUT2D eigenvalue weighted by Gasteiger charge is 2.52. The average molecular weight is 387 g/mol. The third-order valence-corrected chi connectivity index (χ3v) is 6.85. The fourth-order valence-electron chi connectivity index (χ4n) is 5.16. The lowest BCUT2D eigenvalue weighted by Gasteiger charge is -2.46. The zero-order valence-electron chi connectivity index (χ0n) is 16.4. The number of piperidine rings is 2. The summed E-state index contributed by atoms with van der Waals surface area (Å²) in [7, 11) is 1.68. The highest BCUT2D eigenvalue weighted by atomic mass is 16.5. The Hall–Kier alpha value is -2.28. The molecule has 0 bridgehead atoms. The van der Waals surface area contributed by atoms with E-state index >= 15 is 0 Å². The average Bonchev–Trinajstić information content (AvgIpc) is 3.05. The molecule has 0 saturated carbocycles. The molecule has 4 rings (SSSR count). The topological polar surface area (TPSA) is 82.1 Å². The van der Waals surface area contributed by atoms with Gasteiger partial charge in [0.2, 0.25) is 5.91 Å². The summed E-state index contributed by atoms with van der Waals surface area (Å²) in [4.78, 5) is 28.3. The van der Waals surface area contributed by atoms with Gasteiger partial charge in [-0.25, -0.2) is 0 Å². The van der Waals surface area contributed by atoms with E-state index in [0.717, 1.165) is 57.6 Å². The van der Waals surface area contributed by atoms with E-state index in [1.165, 1.54) is 5.69 Å². The molecule has 3 fully saturated rings. The second kappa shape index (κ2) is 7.62. The van der Waals surface area contributed by atoms with Gasteiger partial charge in [-0.2, -0.15) is 0 Å². The van der Waals surface area contributed by atoms with E-state index in [-0.39, 0.29) is 12.3 Å². The molecule has 152 valence electrons. The summed E-state index contributed by atoms with van der Waals surface area (Å²) in [6, 6.07) is 8.75. The van der Waals surface area contributed by atoms with Crippen LogP contribution in [0.3, 0.4) is 0 Å².